The van der Waals surface area contributed by atoms with Crippen molar-refractivity contribution in [3.05, 3.63) is 41.3 Å². The molecule has 0 spiro atoms. The lowest BCUT2D eigenvalue weighted by Gasteiger charge is -2.19. The van der Waals surface area contributed by atoms with Crippen LogP contribution >= 0.6 is 0 Å². The van der Waals surface area contributed by atoms with Crippen LogP contribution in [0.25, 0.3) is 16.9 Å². The summed E-state index contributed by atoms with van der Waals surface area (Å²) in [5.74, 6) is -0.657. The van der Waals surface area contributed by atoms with Crippen molar-refractivity contribution >= 4 is 27.2 Å². The van der Waals surface area contributed by atoms with Gasteiger partial charge in [-0.1, -0.05) is 19.8 Å². The molecule has 1 unspecified atom stereocenters. The molecule has 33 heavy (non-hydrogen) atoms. The molecule has 0 fully saturated rings. The first-order valence-corrected chi connectivity index (χ1v) is 11.7. The maximum atomic E-state index is 13.1. The van der Waals surface area contributed by atoms with Crippen LogP contribution in [0.15, 0.2) is 24.5 Å². The predicted molar refractivity (Wildman–Crippen MR) is 114 cm³/mol. The molecule has 0 aliphatic carbocycles. The average Bonchev–Trinajstić information content (AvgIpc) is 3.22. The summed E-state index contributed by atoms with van der Waals surface area (Å²) in [7, 11) is -2.63. The molecule has 13 heteroatoms. The van der Waals surface area contributed by atoms with Gasteiger partial charge in [0.05, 0.1) is 17.0 Å². The number of alkyl halides is 3. The molecule has 9 nitrogen and oxygen atoms in total. The number of carbonyl (C=O) groups excluding carboxylic acids is 1. The zero-order valence-electron chi connectivity index (χ0n) is 18.3. The third-order valence-corrected chi connectivity index (χ3v) is 6.48. The van der Waals surface area contributed by atoms with Gasteiger partial charge < -0.3 is 9.92 Å². The van der Waals surface area contributed by atoms with E-state index in [-0.39, 0.29) is 11.0 Å². The molecule has 0 saturated heterocycles. The molecule has 0 aromatic carbocycles. The van der Waals surface area contributed by atoms with E-state index < -0.39 is 39.6 Å². The van der Waals surface area contributed by atoms with Crippen molar-refractivity contribution in [3.8, 4) is 5.82 Å². The van der Waals surface area contributed by atoms with Gasteiger partial charge in [-0.25, -0.2) is 9.78 Å². The van der Waals surface area contributed by atoms with E-state index in [1.165, 1.54) is 10.7 Å². The molecule has 0 saturated carbocycles. The van der Waals surface area contributed by atoms with Crippen LogP contribution in [-0.4, -0.2) is 39.6 Å². The van der Waals surface area contributed by atoms with Gasteiger partial charge >= 0.3 is 22.4 Å². The van der Waals surface area contributed by atoms with Gasteiger partial charge in [-0.15, -0.1) is 0 Å². The molecule has 3 aromatic rings. The number of amides is 1. The highest BCUT2D eigenvalue weighted by Crippen LogP contribution is 2.35. The van der Waals surface area contributed by atoms with Crippen molar-refractivity contribution in [2.45, 2.75) is 45.2 Å². The summed E-state index contributed by atoms with van der Waals surface area (Å²) >= 11 is 0. The summed E-state index contributed by atoms with van der Waals surface area (Å²) in [6.45, 7) is 3.66. The first-order valence-electron chi connectivity index (χ1n) is 10.1. The highest BCUT2D eigenvalue weighted by molar-refractivity contribution is 7.87. The predicted octanol–water partition coefficient (Wildman–Crippen LogP) is 3.79. The van der Waals surface area contributed by atoms with E-state index in [4.69, 9.17) is 5.73 Å². The van der Waals surface area contributed by atoms with Crippen LogP contribution in [-0.2, 0) is 27.5 Å². The minimum Gasteiger partial charge on any atom is -0.334 e. The number of rotatable bonds is 8. The van der Waals surface area contributed by atoms with Gasteiger partial charge in [0.15, 0.2) is 0 Å². The summed E-state index contributed by atoms with van der Waals surface area (Å²) in [6.07, 6.45) is -1.72. The second-order valence-corrected chi connectivity index (χ2v) is 9.35. The molecule has 3 heterocycles. The Balaban J connectivity index is 2.14. The maximum Gasteiger partial charge on any atom is 0.420 e. The molecule has 0 bridgehead atoms. The molecular formula is C20H24F3N5O4S. The SMILES string of the molecule is CCCCC(CS(=O)(=O)OC(N)=O)c1c(C)nn(C)c1-n1ccc2cc(C(F)(F)F)cnc21. The molecule has 2 N–H and O–H groups in total. The molecule has 3 aromatic heterocycles. The summed E-state index contributed by atoms with van der Waals surface area (Å²) in [6, 6.07) is 2.50. The minimum absolute atomic E-state index is 0.262. The topological polar surface area (TPSA) is 122 Å². The Bertz CT molecular complexity index is 1280. The lowest BCUT2D eigenvalue weighted by Crippen LogP contribution is -2.24. The van der Waals surface area contributed by atoms with Crippen LogP contribution in [0.2, 0.25) is 0 Å². The van der Waals surface area contributed by atoms with Gasteiger partial charge in [-0.2, -0.15) is 26.7 Å². The summed E-state index contributed by atoms with van der Waals surface area (Å²) in [4.78, 5) is 15.0. The number of nitrogens with two attached hydrogens (primary N) is 1. The van der Waals surface area contributed by atoms with Gasteiger partial charge in [0.25, 0.3) is 0 Å². The minimum atomic E-state index is -4.53. The first-order chi connectivity index (χ1) is 15.3. The fourth-order valence-corrected chi connectivity index (χ4v) is 5.09. The van der Waals surface area contributed by atoms with Crippen LogP contribution in [0.4, 0.5) is 18.0 Å². The Kier molecular flexibility index (Phi) is 6.73. The number of halogens is 3. The number of nitrogens with zero attached hydrogens (tertiary/aromatic N) is 4. The Morgan fingerprint density at radius 1 is 1.33 bits per heavy atom. The Morgan fingerprint density at radius 2 is 2.03 bits per heavy atom. The van der Waals surface area contributed by atoms with Gasteiger partial charge in [-0.05, 0) is 25.5 Å². The molecule has 1 atom stereocenters. The Labute approximate surface area is 188 Å². The largest absolute Gasteiger partial charge is 0.420 e. The Morgan fingerprint density at radius 3 is 2.64 bits per heavy atom. The highest BCUT2D eigenvalue weighted by Gasteiger charge is 2.32. The number of hydrogen-bond acceptors (Lipinski definition) is 6. The molecule has 0 aliphatic rings. The van der Waals surface area contributed by atoms with Crippen LogP contribution in [0.1, 0.15) is 48.9 Å². The van der Waals surface area contributed by atoms with Crippen molar-refractivity contribution in [2.24, 2.45) is 12.8 Å². The zero-order valence-corrected chi connectivity index (χ0v) is 19.1. The van der Waals surface area contributed by atoms with Crippen molar-refractivity contribution in [1.82, 2.24) is 19.3 Å². The fraction of sp³-hybridized carbons (Fsp3) is 0.450. The quantitative estimate of drug-likeness (QED) is 0.483. The second kappa shape index (κ2) is 9.04. The lowest BCUT2D eigenvalue weighted by molar-refractivity contribution is -0.137. The molecule has 3 rings (SSSR count). The molecule has 180 valence electrons. The number of fused-ring (bicyclic) bond motifs is 1. The number of pyridine rings is 1. The van der Waals surface area contributed by atoms with Crippen LogP contribution in [0.5, 0.6) is 0 Å². The van der Waals surface area contributed by atoms with E-state index in [1.54, 1.807) is 24.7 Å². The van der Waals surface area contributed by atoms with E-state index in [1.807, 2.05) is 6.92 Å². The van der Waals surface area contributed by atoms with E-state index in [9.17, 15) is 26.4 Å². The third kappa shape index (κ3) is 5.29. The standard InChI is InChI=1S/C20H24F3N5O4S/c1-4-5-6-14(11-33(30,31)32-19(24)29)16-12(2)26-27(3)18(16)28-8-7-13-9-15(20(21,22)23)10-25-17(13)28/h7-10,14H,4-6,11H2,1-3H3,(H2,24,29). The van der Waals surface area contributed by atoms with Crippen molar-refractivity contribution in [1.29, 1.82) is 0 Å². The summed E-state index contributed by atoms with van der Waals surface area (Å²) in [5.41, 5.74) is 5.39. The lowest BCUT2D eigenvalue weighted by atomic mass is 9.95. The average molecular weight is 488 g/mol. The highest BCUT2D eigenvalue weighted by atomic mass is 32.2. The zero-order chi connectivity index (χ0) is 24.6. The Hall–Kier alpha value is -3.09. The summed E-state index contributed by atoms with van der Waals surface area (Å²) < 4.78 is 71.4. The smallest absolute Gasteiger partial charge is 0.334 e. The van der Waals surface area contributed by atoms with E-state index in [0.717, 1.165) is 18.7 Å². The van der Waals surface area contributed by atoms with Gasteiger partial charge in [0.1, 0.15) is 11.5 Å². The molecular weight excluding hydrogens is 463 g/mol. The monoisotopic (exact) mass is 487 g/mol. The number of aromatic nitrogens is 4. The maximum absolute atomic E-state index is 13.1. The van der Waals surface area contributed by atoms with Crippen LogP contribution in [0.3, 0.4) is 0 Å². The second-order valence-electron chi connectivity index (χ2n) is 7.73. The fourth-order valence-electron chi connectivity index (χ4n) is 3.94. The van der Waals surface area contributed by atoms with E-state index in [0.29, 0.717) is 29.9 Å². The number of hydrogen-bond donors (Lipinski definition) is 1. The molecule has 0 radical (unpaired) electrons. The first kappa shape index (κ1) is 24.6. The van der Waals surface area contributed by atoms with Crippen LogP contribution in [0, 0.1) is 6.92 Å². The third-order valence-electron chi connectivity index (χ3n) is 5.25. The number of unbranched alkanes of at least 4 members (excludes halogenated alkanes) is 1. The van der Waals surface area contributed by atoms with Gasteiger partial charge in [-0.3, -0.25) is 9.25 Å². The molecule has 1 amide bonds. The molecule has 0 aliphatic heterocycles. The van der Waals surface area contributed by atoms with Crippen molar-refractivity contribution < 1.29 is 30.6 Å². The summed E-state index contributed by atoms with van der Waals surface area (Å²) in [5, 5.41) is 4.68. The van der Waals surface area contributed by atoms with E-state index >= 15 is 0 Å². The number of aryl methyl sites for hydroxylation is 2. The number of carbonyl (C=O) groups is 1. The van der Waals surface area contributed by atoms with Gasteiger partial charge in [0.2, 0.25) is 0 Å². The number of primary amides is 1. The normalized spacial score (nSPS) is 13.4. The van der Waals surface area contributed by atoms with Crippen molar-refractivity contribution in [2.75, 3.05) is 5.75 Å². The van der Waals surface area contributed by atoms with E-state index in [2.05, 4.69) is 14.3 Å². The van der Waals surface area contributed by atoms with Gasteiger partial charge in [0, 0.05) is 36.3 Å². The van der Waals surface area contributed by atoms with Crippen molar-refractivity contribution in [3.63, 3.8) is 0 Å². The van der Waals surface area contributed by atoms with Crippen LogP contribution < -0.4 is 5.73 Å².